The van der Waals surface area contributed by atoms with Crippen molar-refractivity contribution >= 4 is 40.5 Å². The summed E-state index contributed by atoms with van der Waals surface area (Å²) in [5, 5.41) is 17.5. The van der Waals surface area contributed by atoms with E-state index in [1.54, 1.807) is 36.4 Å². The Morgan fingerprint density at radius 2 is 1.29 bits per heavy atom. The molecule has 7 nitrogen and oxygen atoms in total. The summed E-state index contributed by atoms with van der Waals surface area (Å²) in [6, 6.07) is 23.7. The molecule has 0 bridgehead atoms. The average Bonchev–Trinajstić information content (AvgIpc) is 2.76. The Morgan fingerprint density at radius 3 is 2.00 bits per heavy atom. The topological polar surface area (TPSA) is 108 Å². The van der Waals surface area contributed by atoms with Gasteiger partial charge < -0.3 is 21.1 Å². The molecule has 3 rings (SSSR count). The van der Waals surface area contributed by atoms with Gasteiger partial charge in [0.15, 0.2) is 0 Å². The highest BCUT2D eigenvalue weighted by atomic mass is 16.4. The number of hydrogen-bond donors (Lipinski definition) is 4. The molecule has 0 spiro atoms. The maximum Gasteiger partial charge on any atom is 0.303 e. The van der Waals surface area contributed by atoms with Gasteiger partial charge in [-0.15, -0.1) is 0 Å². The summed E-state index contributed by atoms with van der Waals surface area (Å²) in [5.41, 5.74) is 3.17. The number of carboxylic acids is 1. The lowest BCUT2D eigenvalue weighted by Crippen LogP contribution is -2.18. The van der Waals surface area contributed by atoms with Crippen LogP contribution in [0.5, 0.6) is 0 Å². The van der Waals surface area contributed by atoms with E-state index in [1.807, 2.05) is 42.5 Å². The number of nitrogens with one attached hydrogen (secondary N) is 3. The number of aliphatic carboxylic acids is 1. The van der Waals surface area contributed by atoms with Crippen molar-refractivity contribution in [2.24, 2.45) is 0 Å². The number of carboxylic acid groups (broad SMARTS) is 1. The van der Waals surface area contributed by atoms with E-state index in [4.69, 9.17) is 5.11 Å². The number of carbonyl (C=O) groups is 3. The summed E-state index contributed by atoms with van der Waals surface area (Å²) in [5.74, 6) is -1.64. The lowest BCUT2D eigenvalue weighted by atomic mass is 10.1. The fourth-order valence-corrected chi connectivity index (χ4v) is 2.93. The summed E-state index contributed by atoms with van der Waals surface area (Å²) in [4.78, 5) is 35.4. The first-order valence-corrected chi connectivity index (χ1v) is 9.85. The number of amides is 2. The van der Waals surface area contributed by atoms with Crippen molar-refractivity contribution in [3.05, 3.63) is 84.4 Å². The first kappa shape index (κ1) is 21.6. The van der Waals surface area contributed by atoms with Gasteiger partial charge in [-0.1, -0.05) is 30.3 Å². The number of hydrogen-bond acceptors (Lipinski definition) is 4. The third kappa shape index (κ3) is 6.71. The van der Waals surface area contributed by atoms with Crippen LogP contribution in [0.25, 0.3) is 0 Å². The van der Waals surface area contributed by atoms with Gasteiger partial charge in [-0.3, -0.25) is 14.4 Å². The highest BCUT2D eigenvalue weighted by molar-refractivity contribution is 6.10. The molecule has 0 atom stereocenters. The molecule has 0 radical (unpaired) electrons. The summed E-state index contributed by atoms with van der Waals surface area (Å²) in [7, 11) is 0. The molecule has 0 saturated heterocycles. The van der Waals surface area contributed by atoms with Crippen LogP contribution in [0.2, 0.25) is 0 Å². The predicted octanol–water partition coefficient (Wildman–Crippen LogP) is 4.88. The molecule has 0 unspecified atom stereocenters. The van der Waals surface area contributed by atoms with Crippen molar-refractivity contribution in [3.63, 3.8) is 0 Å². The second-order valence-corrected chi connectivity index (χ2v) is 6.86. The van der Waals surface area contributed by atoms with Crippen LogP contribution >= 0.6 is 0 Å². The van der Waals surface area contributed by atoms with E-state index >= 15 is 0 Å². The lowest BCUT2D eigenvalue weighted by Gasteiger charge is -2.12. The SMILES string of the molecule is O=C(O)CCCC(=O)Nc1ccccc1C(=O)Nc1ccc(Nc2ccccc2)cc1. The highest BCUT2D eigenvalue weighted by Crippen LogP contribution is 2.21. The van der Waals surface area contributed by atoms with Crippen molar-refractivity contribution in [2.45, 2.75) is 19.3 Å². The number of para-hydroxylation sites is 2. The fraction of sp³-hybridized carbons (Fsp3) is 0.125. The molecule has 4 N–H and O–H groups in total. The second kappa shape index (κ2) is 10.6. The maximum atomic E-state index is 12.7. The quantitative estimate of drug-likeness (QED) is 0.397. The van der Waals surface area contributed by atoms with Gasteiger partial charge in [-0.25, -0.2) is 0 Å². The number of benzene rings is 3. The zero-order valence-corrected chi connectivity index (χ0v) is 16.8. The van der Waals surface area contributed by atoms with E-state index in [0.29, 0.717) is 16.9 Å². The van der Waals surface area contributed by atoms with E-state index in [9.17, 15) is 14.4 Å². The van der Waals surface area contributed by atoms with Crippen molar-refractivity contribution in [1.82, 2.24) is 0 Å². The molecule has 2 amide bonds. The standard InChI is InChI=1S/C24H23N3O4/c28-22(11-6-12-23(29)30)27-21-10-5-4-9-20(21)24(31)26-19-15-13-18(14-16-19)25-17-7-2-1-3-8-17/h1-5,7-10,13-16,25H,6,11-12H2,(H,26,31)(H,27,28)(H,29,30). The van der Waals surface area contributed by atoms with E-state index < -0.39 is 5.97 Å². The lowest BCUT2D eigenvalue weighted by molar-refractivity contribution is -0.137. The van der Waals surface area contributed by atoms with Gasteiger partial charge in [0.1, 0.15) is 0 Å². The Labute approximate surface area is 180 Å². The van der Waals surface area contributed by atoms with Crippen LogP contribution in [-0.2, 0) is 9.59 Å². The smallest absolute Gasteiger partial charge is 0.303 e. The summed E-state index contributed by atoms with van der Waals surface area (Å²) < 4.78 is 0. The van der Waals surface area contributed by atoms with Crippen LogP contribution in [0.15, 0.2) is 78.9 Å². The Morgan fingerprint density at radius 1 is 0.677 bits per heavy atom. The minimum Gasteiger partial charge on any atom is -0.481 e. The minimum absolute atomic E-state index is 0.0676. The van der Waals surface area contributed by atoms with Gasteiger partial charge in [-0.2, -0.15) is 0 Å². The van der Waals surface area contributed by atoms with Gasteiger partial charge in [0.05, 0.1) is 11.3 Å². The summed E-state index contributed by atoms with van der Waals surface area (Å²) >= 11 is 0. The van der Waals surface area contributed by atoms with Gasteiger partial charge >= 0.3 is 5.97 Å². The molecule has 0 aliphatic carbocycles. The molecule has 0 aromatic heterocycles. The molecular formula is C24H23N3O4. The van der Waals surface area contributed by atoms with E-state index in [2.05, 4.69) is 16.0 Å². The Kier molecular flexibility index (Phi) is 7.37. The van der Waals surface area contributed by atoms with Crippen LogP contribution in [0.3, 0.4) is 0 Å². The molecule has 158 valence electrons. The molecule has 0 aliphatic heterocycles. The van der Waals surface area contributed by atoms with Gasteiger partial charge in [-0.05, 0) is 55.0 Å². The largest absolute Gasteiger partial charge is 0.481 e. The van der Waals surface area contributed by atoms with Gasteiger partial charge in [0.25, 0.3) is 5.91 Å². The minimum atomic E-state index is -0.947. The van der Waals surface area contributed by atoms with Crippen molar-refractivity contribution in [3.8, 4) is 0 Å². The number of rotatable bonds is 9. The number of carbonyl (C=O) groups excluding carboxylic acids is 2. The molecule has 0 heterocycles. The Bertz CT molecular complexity index is 1050. The Balaban J connectivity index is 1.61. The molecule has 3 aromatic carbocycles. The van der Waals surface area contributed by atoms with Crippen LogP contribution in [-0.4, -0.2) is 22.9 Å². The third-order valence-corrected chi connectivity index (χ3v) is 4.45. The first-order chi connectivity index (χ1) is 15.0. The van der Waals surface area contributed by atoms with E-state index in [-0.39, 0.29) is 31.1 Å². The molecule has 0 saturated carbocycles. The predicted molar refractivity (Wildman–Crippen MR) is 121 cm³/mol. The molecule has 3 aromatic rings. The fourth-order valence-electron chi connectivity index (χ4n) is 2.93. The molecule has 7 heteroatoms. The van der Waals surface area contributed by atoms with Crippen molar-refractivity contribution in [1.29, 1.82) is 0 Å². The summed E-state index contributed by atoms with van der Waals surface area (Å²) in [6.45, 7) is 0. The molecule has 0 fully saturated rings. The van der Waals surface area contributed by atoms with E-state index in [0.717, 1.165) is 11.4 Å². The average molecular weight is 417 g/mol. The van der Waals surface area contributed by atoms with Crippen LogP contribution < -0.4 is 16.0 Å². The monoisotopic (exact) mass is 417 g/mol. The third-order valence-electron chi connectivity index (χ3n) is 4.45. The number of anilines is 4. The van der Waals surface area contributed by atoms with Crippen LogP contribution in [0.1, 0.15) is 29.6 Å². The Hall–Kier alpha value is -4.13. The zero-order valence-electron chi connectivity index (χ0n) is 16.8. The molecule has 31 heavy (non-hydrogen) atoms. The van der Waals surface area contributed by atoms with Crippen molar-refractivity contribution < 1.29 is 19.5 Å². The first-order valence-electron chi connectivity index (χ1n) is 9.85. The summed E-state index contributed by atoms with van der Waals surface area (Å²) in [6.07, 6.45) is 0.224. The van der Waals surface area contributed by atoms with Crippen LogP contribution in [0, 0.1) is 0 Å². The van der Waals surface area contributed by atoms with Crippen molar-refractivity contribution in [2.75, 3.05) is 16.0 Å². The maximum absolute atomic E-state index is 12.7. The van der Waals surface area contributed by atoms with Gasteiger partial charge in [0, 0.05) is 29.9 Å². The molecule has 0 aliphatic rings. The zero-order chi connectivity index (χ0) is 22.1. The highest BCUT2D eigenvalue weighted by Gasteiger charge is 2.13. The van der Waals surface area contributed by atoms with Crippen LogP contribution in [0.4, 0.5) is 22.7 Å². The van der Waals surface area contributed by atoms with E-state index in [1.165, 1.54) is 0 Å². The molecular weight excluding hydrogens is 394 g/mol. The van der Waals surface area contributed by atoms with Gasteiger partial charge in [0.2, 0.25) is 5.91 Å². The normalized spacial score (nSPS) is 10.2. The second-order valence-electron chi connectivity index (χ2n) is 6.86.